The standard InChI is InChI=1S/C51H96OS3/c1-4-7-10-13-16-19-22-25-28-31-40-53-43-34-37-48-46-49(38-35-44-54-41-32-29-26-23-20-17-14-11-8-5-2)51(52)50(47-48)39-36-45-55-42-33-30-27-24-21-18-15-12-9-6-3/h46-47,52H,4-45H2,1-3H3. The normalized spacial score (nSPS) is 11.6. The molecule has 0 heterocycles. The maximum Gasteiger partial charge on any atom is 0.121 e. The van der Waals surface area contributed by atoms with E-state index in [4.69, 9.17) is 0 Å². The Bertz CT molecular complexity index is 851. The molecule has 0 aliphatic carbocycles. The number of thioether (sulfide) groups is 3. The van der Waals surface area contributed by atoms with Gasteiger partial charge in [0.1, 0.15) is 5.75 Å². The van der Waals surface area contributed by atoms with Gasteiger partial charge in [-0.25, -0.2) is 0 Å². The third-order valence-electron chi connectivity index (χ3n) is 11.5. The van der Waals surface area contributed by atoms with Crippen molar-refractivity contribution in [1.82, 2.24) is 0 Å². The second kappa shape index (κ2) is 43.6. The van der Waals surface area contributed by atoms with Crippen LogP contribution in [-0.2, 0) is 19.3 Å². The molecule has 0 spiro atoms. The molecule has 324 valence electrons. The molecule has 1 aromatic rings. The summed E-state index contributed by atoms with van der Waals surface area (Å²) >= 11 is 6.45. The van der Waals surface area contributed by atoms with Crippen molar-refractivity contribution < 1.29 is 5.11 Å². The maximum absolute atomic E-state index is 11.4. The summed E-state index contributed by atoms with van der Waals surface area (Å²) < 4.78 is 0. The van der Waals surface area contributed by atoms with Crippen LogP contribution in [0.5, 0.6) is 5.75 Å². The largest absolute Gasteiger partial charge is 0.507 e. The van der Waals surface area contributed by atoms with Crippen molar-refractivity contribution in [1.29, 1.82) is 0 Å². The molecule has 4 heteroatoms. The highest BCUT2D eigenvalue weighted by molar-refractivity contribution is 7.99. The van der Waals surface area contributed by atoms with Gasteiger partial charge in [-0.3, -0.25) is 0 Å². The smallest absolute Gasteiger partial charge is 0.121 e. The van der Waals surface area contributed by atoms with Crippen LogP contribution in [0.4, 0.5) is 0 Å². The van der Waals surface area contributed by atoms with Crippen LogP contribution in [-0.4, -0.2) is 39.6 Å². The van der Waals surface area contributed by atoms with Gasteiger partial charge in [-0.1, -0.05) is 206 Å². The molecular formula is C51H96OS3. The number of phenolic OH excluding ortho intramolecular Hbond substituents is 1. The van der Waals surface area contributed by atoms with Crippen molar-refractivity contribution in [2.45, 2.75) is 252 Å². The molecule has 0 radical (unpaired) electrons. The van der Waals surface area contributed by atoms with Crippen molar-refractivity contribution in [2.24, 2.45) is 0 Å². The summed E-state index contributed by atoms with van der Waals surface area (Å²) in [6.07, 6.45) is 49.4. The van der Waals surface area contributed by atoms with E-state index in [1.54, 1.807) is 0 Å². The van der Waals surface area contributed by atoms with E-state index in [0.717, 1.165) is 19.3 Å². The molecule has 0 atom stereocenters. The minimum absolute atomic E-state index is 0.624. The number of hydrogen-bond acceptors (Lipinski definition) is 4. The Morgan fingerprint density at radius 3 is 0.836 bits per heavy atom. The molecule has 1 nitrogen and oxygen atoms in total. The van der Waals surface area contributed by atoms with Crippen LogP contribution >= 0.6 is 35.3 Å². The Labute approximate surface area is 359 Å². The molecule has 0 amide bonds. The first-order valence-corrected chi connectivity index (χ1v) is 28.3. The topological polar surface area (TPSA) is 20.2 Å². The summed E-state index contributed by atoms with van der Waals surface area (Å²) in [5, 5.41) is 11.4. The number of aryl methyl sites for hydroxylation is 3. The molecule has 0 bridgehead atoms. The third-order valence-corrected chi connectivity index (χ3v) is 14.9. The molecular weight excluding hydrogens is 725 g/mol. The van der Waals surface area contributed by atoms with Crippen LogP contribution in [0.25, 0.3) is 0 Å². The van der Waals surface area contributed by atoms with Crippen LogP contribution in [0, 0.1) is 0 Å². The summed E-state index contributed by atoms with van der Waals surface area (Å²) in [6, 6.07) is 4.75. The van der Waals surface area contributed by atoms with Crippen LogP contribution in [0.3, 0.4) is 0 Å². The van der Waals surface area contributed by atoms with E-state index in [1.807, 2.05) is 0 Å². The van der Waals surface area contributed by atoms with Gasteiger partial charge in [0.25, 0.3) is 0 Å². The number of phenols is 1. The summed E-state index contributed by atoms with van der Waals surface area (Å²) in [6.45, 7) is 6.91. The predicted octanol–water partition coefficient (Wildman–Crippen LogP) is 18.2. The lowest BCUT2D eigenvalue weighted by atomic mass is 9.96. The first-order chi connectivity index (χ1) is 27.2. The number of hydrogen-bond donors (Lipinski definition) is 1. The fraction of sp³-hybridized carbons (Fsp3) is 0.882. The van der Waals surface area contributed by atoms with Crippen molar-refractivity contribution in [3.8, 4) is 5.75 Å². The minimum Gasteiger partial charge on any atom is -0.507 e. The Balaban J connectivity index is 2.36. The average molecular weight is 822 g/mol. The highest BCUT2D eigenvalue weighted by Gasteiger charge is 2.11. The summed E-state index contributed by atoms with van der Waals surface area (Å²) in [5.74, 6) is 8.29. The molecule has 1 rings (SSSR count). The fourth-order valence-electron chi connectivity index (χ4n) is 7.85. The first kappa shape index (κ1) is 53.1. The number of benzene rings is 1. The van der Waals surface area contributed by atoms with Crippen LogP contribution in [0.15, 0.2) is 12.1 Å². The number of aromatic hydroxyl groups is 1. The highest BCUT2D eigenvalue weighted by atomic mass is 32.2. The molecule has 0 aliphatic rings. The van der Waals surface area contributed by atoms with Gasteiger partial charge in [0.05, 0.1) is 0 Å². The summed E-state index contributed by atoms with van der Waals surface area (Å²) in [7, 11) is 0. The van der Waals surface area contributed by atoms with E-state index < -0.39 is 0 Å². The van der Waals surface area contributed by atoms with Crippen molar-refractivity contribution in [2.75, 3.05) is 34.5 Å². The van der Waals surface area contributed by atoms with Gasteiger partial charge in [0, 0.05) is 0 Å². The summed E-state index contributed by atoms with van der Waals surface area (Å²) in [4.78, 5) is 0. The lowest BCUT2D eigenvalue weighted by molar-refractivity contribution is 0.459. The van der Waals surface area contributed by atoms with Crippen LogP contribution in [0.1, 0.15) is 249 Å². The lowest BCUT2D eigenvalue weighted by Gasteiger charge is -2.14. The Morgan fingerprint density at radius 2 is 0.545 bits per heavy atom. The molecule has 0 saturated carbocycles. The molecule has 55 heavy (non-hydrogen) atoms. The minimum atomic E-state index is 0.624. The Morgan fingerprint density at radius 1 is 0.309 bits per heavy atom. The van der Waals surface area contributed by atoms with Gasteiger partial charge in [-0.2, -0.15) is 35.3 Å². The van der Waals surface area contributed by atoms with Gasteiger partial charge in [-0.05, 0) is 109 Å². The maximum atomic E-state index is 11.4. The molecule has 1 aromatic carbocycles. The second-order valence-electron chi connectivity index (χ2n) is 17.0. The first-order valence-electron chi connectivity index (χ1n) is 24.8. The van der Waals surface area contributed by atoms with Gasteiger partial charge in [-0.15, -0.1) is 0 Å². The zero-order chi connectivity index (χ0) is 39.5. The third kappa shape index (κ3) is 35.7. The molecule has 0 saturated heterocycles. The molecule has 0 aliphatic heterocycles. The predicted molar refractivity (Wildman–Crippen MR) is 261 cm³/mol. The van der Waals surface area contributed by atoms with Gasteiger partial charge in [0.2, 0.25) is 0 Å². The molecule has 0 unspecified atom stereocenters. The van der Waals surface area contributed by atoms with E-state index >= 15 is 0 Å². The highest BCUT2D eigenvalue weighted by Crippen LogP contribution is 2.29. The quantitative estimate of drug-likeness (QED) is 0.0661. The van der Waals surface area contributed by atoms with Gasteiger partial charge >= 0.3 is 0 Å². The van der Waals surface area contributed by atoms with Crippen LogP contribution < -0.4 is 0 Å². The SMILES string of the molecule is CCCCCCCCCCCCSCCCc1cc(CCCSCCCCCCCCCCCC)c(O)c(CCCSCCCCCCCCCCCC)c1. The Kier molecular flexibility index (Phi) is 42.1. The van der Waals surface area contributed by atoms with Gasteiger partial charge < -0.3 is 5.11 Å². The monoisotopic (exact) mass is 821 g/mol. The van der Waals surface area contributed by atoms with E-state index in [1.165, 1.54) is 263 Å². The average Bonchev–Trinajstić information content (AvgIpc) is 3.19. The number of rotatable bonds is 45. The van der Waals surface area contributed by atoms with E-state index in [0.29, 0.717) is 5.75 Å². The van der Waals surface area contributed by atoms with Crippen LogP contribution in [0.2, 0.25) is 0 Å². The van der Waals surface area contributed by atoms with E-state index in [2.05, 4.69) is 68.2 Å². The zero-order valence-corrected chi connectivity index (χ0v) is 40.0. The second-order valence-corrected chi connectivity index (χ2v) is 20.6. The molecule has 1 N–H and O–H groups in total. The van der Waals surface area contributed by atoms with Crippen molar-refractivity contribution >= 4 is 35.3 Å². The Hall–Kier alpha value is 0.0700. The van der Waals surface area contributed by atoms with Crippen molar-refractivity contribution in [3.05, 3.63) is 28.8 Å². The van der Waals surface area contributed by atoms with E-state index in [9.17, 15) is 5.11 Å². The van der Waals surface area contributed by atoms with Crippen molar-refractivity contribution in [3.63, 3.8) is 0 Å². The number of unbranched alkanes of at least 4 members (excludes halogenated alkanes) is 27. The fourth-order valence-corrected chi connectivity index (χ4v) is 10.7. The zero-order valence-electron chi connectivity index (χ0n) is 37.5. The van der Waals surface area contributed by atoms with E-state index in [-0.39, 0.29) is 0 Å². The van der Waals surface area contributed by atoms with Gasteiger partial charge in [0.15, 0.2) is 0 Å². The molecule has 0 aromatic heterocycles. The molecule has 0 fully saturated rings. The lowest BCUT2D eigenvalue weighted by Crippen LogP contribution is -1.99. The summed E-state index contributed by atoms with van der Waals surface area (Å²) in [5.41, 5.74) is 3.92.